The number of carbonyl (C=O) groups excluding carboxylic acids is 2. The highest BCUT2D eigenvalue weighted by molar-refractivity contribution is 6.04. The third kappa shape index (κ3) is 5.09. The molecule has 1 aromatic heterocycles. The van der Waals surface area contributed by atoms with E-state index in [1.54, 1.807) is 4.90 Å². The van der Waals surface area contributed by atoms with E-state index in [1.165, 1.54) is 0 Å². The third-order valence-electron chi connectivity index (χ3n) is 7.81. The summed E-state index contributed by atoms with van der Waals surface area (Å²) in [6, 6.07) is 33.7. The Balaban J connectivity index is 1.35. The van der Waals surface area contributed by atoms with Crippen LogP contribution in [0.3, 0.4) is 0 Å². The fourth-order valence-electron chi connectivity index (χ4n) is 5.70. The van der Waals surface area contributed by atoms with E-state index in [-0.39, 0.29) is 24.5 Å². The summed E-state index contributed by atoms with van der Waals surface area (Å²) in [4.78, 5) is 31.6. The number of hydrogen-bond donors (Lipinski definition) is 1. The average Bonchev–Trinajstić information content (AvgIpc) is 3.49. The number of fused-ring (bicyclic) bond motifs is 4. The molecule has 1 N–H and O–H groups in total. The molecule has 0 spiro atoms. The Morgan fingerprint density at radius 3 is 2.37 bits per heavy atom. The van der Waals surface area contributed by atoms with E-state index < -0.39 is 0 Å². The predicted octanol–water partition coefficient (Wildman–Crippen LogP) is 7.71. The highest BCUT2D eigenvalue weighted by atomic mass is 16.2. The van der Waals surface area contributed by atoms with Gasteiger partial charge in [-0.1, -0.05) is 91.7 Å². The monoisotopic (exact) mass is 542 g/mol. The summed E-state index contributed by atoms with van der Waals surface area (Å²) in [7, 11) is 0. The number of unbranched alkanes of at least 4 members (excludes halogenated alkanes) is 1. The van der Waals surface area contributed by atoms with E-state index in [4.69, 9.17) is 0 Å². The Hall–Kier alpha value is -4.84. The minimum atomic E-state index is -0.317. The van der Waals surface area contributed by atoms with E-state index in [9.17, 15) is 9.59 Å². The predicted molar refractivity (Wildman–Crippen MR) is 166 cm³/mol. The second-order valence-corrected chi connectivity index (χ2v) is 10.6. The first-order valence-electron chi connectivity index (χ1n) is 14.2. The number of urea groups is 1. The van der Waals surface area contributed by atoms with Crippen LogP contribution in [0.25, 0.3) is 16.5 Å². The van der Waals surface area contributed by atoms with Crippen LogP contribution >= 0.6 is 0 Å². The molecule has 1 unspecified atom stereocenters. The van der Waals surface area contributed by atoms with Crippen molar-refractivity contribution in [3.63, 3.8) is 0 Å². The van der Waals surface area contributed by atoms with Gasteiger partial charge in [-0.05, 0) is 54.6 Å². The van der Waals surface area contributed by atoms with Crippen LogP contribution in [0, 0.1) is 6.92 Å². The fraction of sp³-hybridized carbons (Fsp3) is 0.200. The third-order valence-corrected chi connectivity index (χ3v) is 7.81. The number of nitrogens with one attached hydrogen (secondary N) is 1. The van der Waals surface area contributed by atoms with Gasteiger partial charge in [-0.15, -0.1) is 0 Å². The molecule has 2 heterocycles. The highest BCUT2D eigenvalue weighted by Crippen LogP contribution is 2.42. The lowest BCUT2D eigenvalue weighted by atomic mass is 9.97. The molecular weight excluding hydrogens is 508 g/mol. The van der Waals surface area contributed by atoms with E-state index in [1.807, 2.05) is 83.9 Å². The van der Waals surface area contributed by atoms with Crippen LogP contribution in [0.15, 0.2) is 109 Å². The van der Waals surface area contributed by atoms with Crippen molar-refractivity contribution in [3.05, 3.63) is 126 Å². The van der Waals surface area contributed by atoms with Gasteiger partial charge in [0.05, 0.1) is 22.8 Å². The van der Waals surface area contributed by atoms with Crippen LogP contribution in [0.2, 0.25) is 0 Å². The van der Waals surface area contributed by atoms with Gasteiger partial charge < -0.3 is 14.8 Å². The Kier molecular flexibility index (Phi) is 7.30. The maximum absolute atomic E-state index is 14.4. The molecule has 0 radical (unpaired) electrons. The molecular formula is C35H34N4O2. The molecule has 0 aliphatic carbocycles. The molecule has 4 aromatic carbocycles. The molecule has 0 saturated carbocycles. The van der Waals surface area contributed by atoms with Crippen LogP contribution in [-0.4, -0.2) is 34.5 Å². The van der Waals surface area contributed by atoms with Crippen LogP contribution in [0.1, 0.15) is 42.6 Å². The molecule has 1 aliphatic heterocycles. The van der Waals surface area contributed by atoms with Crippen molar-refractivity contribution >= 4 is 34.1 Å². The van der Waals surface area contributed by atoms with Crippen LogP contribution in [0.5, 0.6) is 0 Å². The zero-order chi connectivity index (χ0) is 28.3. The normalized spacial score (nSPS) is 13.9. The summed E-state index contributed by atoms with van der Waals surface area (Å²) in [6.45, 7) is 4.60. The highest BCUT2D eigenvalue weighted by Gasteiger charge is 2.37. The first-order valence-corrected chi connectivity index (χ1v) is 14.2. The Morgan fingerprint density at radius 1 is 0.829 bits per heavy atom. The number of hydrogen-bond acceptors (Lipinski definition) is 2. The van der Waals surface area contributed by atoms with Gasteiger partial charge in [0, 0.05) is 18.1 Å². The van der Waals surface area contributed by atoms with Gasteiger partial charge in [0.25, 0.3) is 0 Å². The smallest absolute Gasteiger partial charge is 0.316 e. The summed E-state index contributed by atoms with van der Waals surface area (Å²) in [5, 5.41) is 5.11. The minimum Gasteiger partial charge on any atom is -0.316 e. The van der Waals surface area contributed by atoms with Gasteiger partial charge in [-0.25, -0.2) is 4.79 Å². The lowest BCUT2D eigenvalue weighted by molar-refractivity contribution is -0.119. The van der Waals surface area contributed by atoms with Crippen LogP contribution < -0.4 is 10.2 Å². The SMILES string of the molecule is CCCCN(CC(=O)N1c2ccccc2-n2cccc2C1c1ccc(C)cc1)C(=O)Nc1cccc2ccccc12. The fourth-order valence-corrected chi connectivity index (χ4v) is 5.70. The van der Waals surface area contributed by atoms with Crippen LogP contribution in [-0.2, 0) is 4.79 Å². The number of aromatic nitrogens is 1. The quantitative estimate of drug-likeness (QED) is 0.229. The van der Waals surface area contributed by atoms with Gasteiger partial charge >= 0.3 is 6.03 Å². The largest absolute Gasteiger partial charge is 0.322 e. The minimum absolute atomic E-state index is 0.0337. The van der Waals surface area contributed by atoms with Gasteiger partial charge in [0.15, 0.2) is 0 Å². The maximum Gasteiger partial charge on any atom is 0.322 e. The first kappa shape index (κ1) is 26.4. The number of anilines is 2. The van der Waals surface area contributed by atoms with Crippen LogP contribution in [0.4, 0.5) is 16.2 Å². The molecule has 6 nitrogen and oxygen atoms in total. The lowest BCUT2D eigenvalue weighted by Crippen LogP contribution is -2.48. The summed E-state index contributed by atoms with van der Waals surface area (Å²) in [5.41, 5.74) is 5.72. The van der Waals surface area contributed by atoms with Crippen molar-refractivity contribution in [3.8, 4) is 5.69 Å². The number of nitrogens with zero attached hydrogens (tertiary/aromatic N) is 3. The van der Waals surface area contributed by atoms with Crippen molar-refractivity contribution in [2.75, 3.05) is 23.3 Å². The van der Waals surface area contributed by atoms with Gasteiger partial charge in [-0.2, -0.15) is 0 Å². The molecule has 0 bridgehead atoms. The summed E-state index contributed by atoms with van der Waals surface area (Å²) < 4.78 is 2.16. The van der Waals surface area contributed by atoms with Crippen molar-refractivity contribution in [2.24, 2.45) is 0 Å². The zero-order valence-corrected chi connectivity index (χ0v) is 23.5. The molecule has 6 heteroatoms. The number of carbonyl (C=O) groups is 2. The number of aryl methyl sites for hydroxylation is 1. The number of benzene rings is 4. The summed E-state index contributed by atoms with van der Waals surface area (Å²) in [5.74, 6) is -0.125. The van der Waals surface area contributed by atoms with Crippen molar-refractivity contribution < 1.29 is 9.59 Å². The summed E-state index contributed by atoms with van der Waals surface area (Å²) in [6.07, 6.45) is 3.76. The van der Waals surface area contributed by atoms with E-state index in [0.717, 1.165) is 57.5 Å². The number of amides is 3. The second-order valence-electron chi connectivity index (χ2n) is 10.6. The maximum atomic E-state index is 14.4. The molecule has 0 fully saturated rings. The van der Waals surface area contributed by atoms with Crippen molar-refractivity contribution in [1.29, 1.82) is 0 Å². The molecule has 6 rings (SSSR count). The van der Waals surface area contributed by atoms with Gasteiger partial charge in [-0.3, -0.25) is 9.69 Å². The zero-order valence-electron chi connectivity index (χ0n) is 23.5. The van der Waals surface area contributed by atoms with E-state index in [2.05, 4.69) is 54.1 Å². The molecule has 0 saturated heterocycles. The van der Waals surface area contributed by atoms with E-state index in [0.29, 0.717) is 6.54 Å². The Labute approximate surface area is 240 Å². The number of para-hydroxylation sites is 2. The topological polar surface area (TPSA) is 57.6 Å². The standard InChI is InChI=1S/C35H34N4O2/c1-3-4-22-37(35(41)36-29-14-9-12-26-11-5-6-13-28(26)29)24-33(40)39-31-16-8-7-15-30(31)38-23-10-17-32(38)34(39)27-20-18-25(2)19-21-27/h5-21,23,34H,3-4,22,24H2,1-2H3,(H,36,41). The Morgan fingerprint density at radius 2 is 1.56 bits per heavy atom. The molecule has 1 aliphatic rings. The lowest BCUT2D eigenvalue weighted by Gasteiger charge is -2.39. The van der Waals surface area contributed by atoms with Crippen molar-refractivity contribution in [2.45, 2.75) is 32.7 Å². The number of rotatable bonds is 7. The molecule has 1 atom stereocenters. The first-order chi connectivity index (χ1) is 20.0. The van der Waals surface area contributed by atoms with Gasteiger partial charge in [0.2, 0.25) is 5.91 Å². The van der Waals surface area contributed by atoms with E-state index >= 15 is 0 Å². The molecule has 206 valence electrons. The average molecular weight is 543 g/mol. The van der Waals surface area contributed by atoms with Crippen molar-refractivity contribution in [1.82, 2.24) is 9.47 Å². The molecule has 41 heavy (non-hydrogen) atoms. The summed E-state index contributed by atoms with van der Waals surface area (Å²) >= 11 is 0. The Bertz CT molecular complexity index is 1700. The molecule has 3 amide bonds. The second kappa shape index (κ2) is 11.3. The van der Waals surface area contributed by atoms with Gasteiger partial charge in [0.1, 0.15) is 12.6 Å². The molecule has 5 aromatic rings.